The van der Waals surface area contributed by atoms with Crippen LogP contribution in [0, 0.1) is 11.8 Å². The SMILES string of the molecule is C=CCCC1CCC(c2ccc(C(F)(F)OCCc3ccc(C4CCC(C=C)CC4)cc3)cc2)CC1. The summed E-state index contributed by atoms with van der Waals surface area (Å²) in [5, 5.41) is 0. The first-order valence-corrected chi connectivity index (χ1v) is 13.9. The van der Waals surface area contributed by atoms with Gasteiger partial charge in [0, 0.05) is 0 Å². The predicted molar refractivity (Wildman–Crippen MR) is 145 cm³/mol. The van der Waals surface area contributed by atoms with Crippen LogP contribution in [0.15, 0.2) is 73.8 Å². The average molecular weight is 493 g/mol. The molecule has 2 aliphatic rings. The lowest BCUT2D eigenvalue weighted by atomic mass is 9.77. The maximum atomic E-state index is 14.7. The molecular weight excluding hydrogens is 450 g/mol. The van der Waals surface area contributed by atoms with Gasteiger partial charge in [-0.25, -0.2) is 0 Å². The van der Waals surface area contributed by atoms with Gasteiger partial charge in [-0.2, -0.15) is 8.78 Å². The highest BCUT2D eigenvalue weighted by Crippen LogP contribution is 2.39. The number of allylic oxidation sites excluding steroid dienone is 2. The Morgan fingerprint density at radius 3 is 1.89 bits per heavy atom. The van der Waals surface area contributed by atoms with Crippen LogP contribution in [0.1, 0.15) is 98.3 Å². The molecule has 36 heavy (non-hydrogen) atoms. The molecule has 0 spiro atoms. The fraction of sp³-hybridized carbons (Fsp3) is 0.515. The monoisotopic (exact) mass is 492 g/mol. The van der Waals surface area contributed by atoms with Crippen LogP contribution in [-0.4, -0.2) is 6.61 Å². The standard InChI is InChI=1S/C33H42F2O/c1-3-5-6-26-9-15-30(16-10-26)31-19-21-32(22-20-31)33(34,35)36-24-23-27-11-17-29(18-12-27)28-13-7-25(4-2)8-14-28/h3-4,11-12,17-22,25-26,28,30H,1-2,5-10,13-16,23-24H2. The molecule has 0 atom stereocenters. The Morgan fingerprint density at radius 2 is 1.33 bits per heavy atom. The number of alkyl halides is 2. The molecule has 0 amide bonds. The van der Waals surface area contributed by atoms with Crippen LogP contribution < -0.4 is 0 Å². The molecule has 2 aromatic rings. The van der Waals surface area contributed by atoms with E-state index in [0.29, 0.717) is 24.2 Å². The zero-order valence-electron chi connectivity index (χ0n) is 21.6. The Bertz CT molecular complexity index is 946. The lowest BCUT2D eigenvalue weighted by Gasteiger charge is -2.29. The van der Waals surface area contributed by atoms with Crippen molar-refractivity contribution >= 4 is 0 Å². The van der Waals surface area contributed by atoms with Gasteiger partial charge >= 0.3 is 6.11 Å². The van der Waals surface area contributed by atoms with Gasteiger partial charge in [-0.1, -0.05) is 60.7 Å². The molecule has 0 unspecified atom stereocenters. The van der Waals surface area contributed by atoms with Crippen molar-refractivity contribution in [2.45, 2.75) is 88.6 Å². The minimum absolute atomic E-state index is 0.00668. The van der Waals surface area contributed by atoms with Gasteiger partial charge in [-0.15, -0.1) is 13.2 Å². The summed E-state index contributed by atoms with van der Waals surface area (Å²) >= 11 is 0. The third-order valence-corrected chi connectivity index (χ3v) is 8.57. The number of hydrogen-bond acceptors (Lipinski definition) is 1. The predicted octanol–water partition coefficient (Wildman–Crippen LogP) is 9.69. The minimum atomic E-state index is -3.27. The van der Waals surface area contributed by atoms with Crippen LogP contribution in [0.5, 0.6) is 0 Å². The van der Waals surface area contributed by atoms with Crippen molar-refractivity contribution in [2.24, 2.45) is 11.8 Å². The third kappa shape index (κ3) is 7.16. The minimum Gasteiger partial charge on any atom is -0.316 e. The van der Waals surface area contributed by atoms with Gasteiger partial charge < -0.3 is 4.74 Å². The van der Waals surface area contributed by atoms with E-state index in [2.05, 4.69) is 43.5 Å². The molecule has 1 nitrogen and oxygen atoms in total. The maximum Gasteiger partial charge on any atom is 0.383 e. The molecule has 0 saturated heterocycles. The van der Waals surface area contributed by atoms with E-state index in [0.717, 1.165) is 30.7 Å². The van der Waals surface area contributed by atoms with E-state index in [1.807, 2.05) is 18.2 Å². The molecule has 2 aromatic carbocycles. The van der Waals surface area contributed by atoms with Crippen LogP contribution in [-0.2, 0) is 17.3 Å². The summed E-state index contributed by atoms with van der Waals surface area (Å²) in [5.74, 6) is 2.52. The van der Waals surface area contributed by atoms with Gasteiger partial charge in [0.05, 0.1) is 12.2 Å². The molecule has 0 N–H and O–H groups in total. The van der Waals surface area contributed by atoms with E-state index in [4.69, 9.17) is 4.74 Å². The van der Waals surface area contributed by atoms with Crippen molar-refractivity contribution in [1.82, 2.24) is 0 Å². The Morgan fingerprint density at radius 1 is 0.778 bits per heavy atom. The fourth-order valence-electron chi connectivity index (χ4n) is 6.11. The second kappa shape index (κ2) is 12.8. The van der Waals surface area contributed by atoms with Crippen LogP contribution in [0.4, 0.5) is 8.78 Å². The molecule has 0 radical (unpaired) electrons. The van der Waals surface area contributed by atoms with E-state index in [1.165, 1.54) is 56.1 Å². The van der Waals surface area contributed by atoms with E-state index < -0.39 is 6.11 Å². The molecule has 2 fully saturated rings. The second-order valence-corrected chi connectivity index (χ2v) is 10.9. The van der Waals surface area contributed by atoms with Crippen molar-refractivity contribution in [3.05, 3.63) is 96.1 Å². The van der Waals surface area contributed by atoms with E-state index in [1.54, 1.807) is 12.1 Å². The molecule has 2 saturated carbocycles. The van der Waals surface area contributed by atoms with Crippen molar-refractivity contribution in [2.75, 3.05) is 6.61 Å². The van der Waals surface area contributed by atoms with Crippen molar-refractivity contribution in [1.29, 1.82) is 0 Å². The van der Waals surface area contributed by atoms with Crippen LogP contribution in [0.3, 0.4) is 0 Å². The lowest BCUT2D eigenvalue weighted by molar-refractivity contribution is -0.248. The second-order valence-electron chi connectivity index (χ2n) is 10.9. The molecule has 194 valence electrons. The Hall–Kier alpha value is -2.26. The highest BCUT2D eigenvalue weighted by molar-refractivity contribution is 5.28. The lowest BCUT2D eigenvalue weighted by Crippen LogP contribution is -2.20. The number of rotatable bonds is 11. The number of halogens is 2. The van der Waals surface area contributed by atoms with E-state index in [-0.39, 0.29) is 12.2 Å². The smallest absolute Gasteiger partial charge is 0.316 e. The Kier molecular flexibility index (Phi) is 9.53. The highest BCUT2D eigenvalue weighted by atomic mass is 19.3. The first kappa shape index (κ1) is 26.8. The van der Waals surface area contributed by atoms with Gasteiger partial charge in [-0.05, 0) is 111 Å². The van der Waals surface area contributed by atoms with Crippen LogP contribution in [0.2, 0.25) is 0 Å². The molecule has 4 rings (SSSR count). The van der Waals surface area contributed by atoms with E-state index >= 15 is 0 Å². The topological polar surface area (TPSA) is 9.23 Å². The van der Waals surface area contributed by atoms with Gasteiger partial charge in [0.15, 0.2) is 0 Å². The molecule has 3 heteroatoms. The average Bonchev–Trinajstić information content (AvgIpc) is 2.93. The first-order chi connectivity index (χ1) is 17.5. The van der Waals surface area contributed by atoms with Gasteiger partial charge in [0.1, 0.15) is 0 Å². The summed E-state index contributed by atoms with van der Waals surface area (Å²) in [5.41, 5.74) is 3.51. The summed E-state index contributed by atoms with van der Waals surface area (Å²) in [6.45, 7) is 7.74. The molecule has 0 heterocycles. The number of ether oxygens (including phenoxy) is 1. The summed E-state index contributed by atoms with van der Waals surface area (Å²) in [6, 6.07) is 15.3. The zero-order valence-corrected chi connectivity index (χ0v) is 21.6. The summed E-state index contributed by atoms with van der Waals surface area (Å²) in [4.78, 5) is 0. The highest BCUT2D eigenvalue weighted by Gasteiger charge is 2.33. The number of benzene rings is 2. The maximum absolute atomic E-state index is 14.7. The van der Waals surface area contributed by atoms with Crippen LogP contribution in [0.25, 0.3) is 0 Å². The summed E-state index contributed by atoms with van der Waals surface area (Å²) in [7, 11) is 0. The molecule has 2 aliphatic carbocycles. The molecule has 0 aromatic heterocycles. The fourth-order valence-corrected chi connectivity index (χ4v) is 6.11. The largest absolute Gasteiger partial charge is 0.383 e. The molecular formula is C33H42F2O. The van der Waals surface area contributed by atoms with Crippen molar-refractivity contribution in [3.8, 4) is 0 Å². The van der Waals surface area contributed by atoms with E-state index in [9.17, 15) is 8.78 Å². The molecule has 0 aliphatic heterocycles. The molecule has 0 bridgehead atoms. The Balaban J connectivity index is 1.23. The van der Waals surface area contributed by atoms with Gasteiger partial charge in [-0.3, -0.25) is 0 Å². The quantitative estimate of drug-likeness (QED) is 0.284. The van der Waals surface area contributed by atoms with Gasteiger partial charge in [0.25, 0.3) is 0 Å². The first-order valence-electron chi connectivity index (χ1n) is 13.9. The van der Waals surface area contributed by atoms with Gasteiger partial charge in [0.2, 0.25) is 0 Å². The Labute approximate surface area is 216 Å². The van der Waals surface area contributed by atoms with Crippen molar-refractivity contribution < 1.29 is 13.5 Å². The normalized spacial score (nSPS) is 24.8. The van der Waals surface area contributed by atoms with Crippen LogP contribution >= 0.6 is 0 Å². The van der Waals surface area contributed by atoms with Crippen molar-refractivity contribution in [3.63, 3.8) is 0 Å². The number of hydrogen-bond donors (Lipinski definition) is 0. The zero-order chi connectivity index (χ0) is 25.4. The summed E-state index contributed by atoms with van der Waals surface area (Å²) in [6.07, 6.45) is 13.1. The third-order valence-electron chi connectivity index (χ3n) is 8.57. The summed E-state index contributed by atoms with van der Waals surface area (Å²) < 4.78 is 34.5.